The van der Waals surface area contributed by atoms with Gasteiger partial charge in [0, 0.05) is 24.6 Å². The molecule has 0 spiro atoms. The number of aromatic nitrogens is 2. The fourth-order valence-electron chi connectivity index (χ4n) is 2.72. The minimum Gasteiger partial charge on any atom is -0.413 e. The maximum atomic E-state index is 9.72. The average molecular weight is 358 g/mol. The Morgan fingerprint density at radius 3 is 2.61 bits per heavy atom. The van der Waals surface area contributed by atoms with Gasteiger partial charge in [-0.3, -0.25) is 0 Å². The minimum atomic E-state index is -1.84. The van der Waals surface area contributed by atoms with Crippen LogP contribution in [0.15, 0.2) is 12.4 Å². The van der Waals surface area contributed by atoms with Crippen LogP contribution in [0.1, 0.15) is 33.6 Å². The highest BCUT2D eigenvalue weighted by Crippen LogP contribution is 2.41. The van der Waals surface area contributed by atoms with E-state index < -0.39 is 8.32 Å². The molecule has 1 heterocycles. The molecule has 1 aliphatic carbocycles. The van der Waals surface area contributed by atoms with Crippen molar-refractivity contribution in [3.8, 4) is 0 Å². The average Bonchev–Trinajstić information content (AvgIpc) is 2.78. The third-order valence-corrected chi connectivity index (χ3v) is 9.81. The molecule has 0 aliphatic heterocycles. The Morgan fingerprint density at radius 1 is 1.35 bits per heavy atom. The van der Waals surface area contributed by atoms with Crippen molar-refractivity contribution < 1.29 is 9.53 Å². The molecule has 1 aliphatic rings. The van der Waals surface area contributed by atoms with Crippen LogP contribution in [0.3, 0.4) is 0 Å². The van der Waals surface area contributed by atoms with Crippen molar-refractivity contribution in [2.45, 2.75) is 63.9 Å². The van der Waals surface area contributed by atoms with Crippen molar-refractivity contribution in [3.63, 3.8) is 0 Å². The summed E-state index contributed by atoms with van der Waals surface area (Å²) in [5.74, 6) is 0.888. The number of anilines is 1. The molecule has 0 unspecified atom stereocenters. The zero-order valence-electron chi connectivity index (χ0n) is 14.6. The van der Waals surface area contributed by atoms with E-state index in [1.807, 2.05) is 0 Å². The van der Waals surface area contributed by atoms with Crippen molar-refractivity contribution >= 4 is 25.7 Å². The lowest BCUT2D eigenvalue weighted by atomic mass is 10.1. The molecule has 3 atom stereocenters. The molecule has 1 saturated carbocycles. The maximum Gasteiger partial charge on any atom is 0.192 e. The van der Waals surface area contributed by atoms with Crippen molar-refractivity contribution in [1.82, 2.24) is 9.97 Å². The first-order valence-corrected chi connectivity index (χ1v) is 11.4. The van der Waals surface area contributed by atoms with E-state index >= 15 is 0 Å². The molecule has 1 aromatic rings. The second kappa shape index (κ2) is 7.05. The molecule has 0 bridgehead atoms. The number of hydrogen-bond donors (Lipinski definition) is 2. The third-order valence-electron chi connectivity index (χ3n) is 5.10. The summed E-state index contributed by atoms with van der Waals surface area (Å²) in [6.45, 7) is 11.4. The second-order valence-corrected chi connectivity index (χ2v) is 13.0. The van der Waals surface area contributed by atoms with Crippen molar-refractivity contribution in [2.24, 2.45) is 5.92 Å². The Labute approximate surface area is 145 Å². The summed E-state index contributed by atoms with van der Waals surface area (Å²) < 4.78 is 6.54. The van der Waals surface area contributed by atoms with E-state index in [1.165, 1.54) is 6.33 Å². The van der Waals surface area contributed by atoms with E-state index in [-0.39, 0.29) is 29.7 Å². The Morgan fingerprint density at radius 2 is 2.04 bits per heavy atom. The van der Waals surface area contributed by atoms with Crippen LogP contribution in [0.25, 0.3) is 0 Å². The van der Waals surface area contributed by atoms with E-state index in [1.54, 1.807) is 6.07 Å². The van der Waals surface area contributed by atoms with Gasteiger partial charge in [-0.2, -0.15) is 0 Å². The van der Waals surface area contributed by atoms with Gasteiger partial charge in [0.15, 0.2) is 8.32 Å². The summed E-state index contributed by atoms with van der Waals surface area (Å²) in [4.78, 5) is 8.08. The van der Waals surface area contributed by atoms with Crippen LogP contribution in [-0.4, -0.2) is 42.1 Å². The normalized spacial score (nSPS) is 25.6. The summed E-state index contributed by atoms with van der Waals surface area (Å²) in [5, 5.41) is 13.7. The first kappa shape index (κ1) is 18.6. The van der Waals surface area contributed by atoms with E-state index in [0.717, 1.165) is 18.7 Å². The van der Waals surface area contributed by atoms with Gasteiger partial charge in [0.2, 0.25) is 0 Å². The largest absolute Gasteiger partial charge is 0.413 e. The van der Waals surface area contributed by atoms with Crippen LogP contribution in [-0.2, 0) is 4.43 Å². The van der Waals surface area contributed by atoms with Gasteiger partial charge < -0.3 is 14.8 Å². The fourth-order valence-corrected chi connectivity index (χ4v) is 4.26. The van der Waals surface area contributed by atoms with Gasteiger partial charge in [-0.25, -0.2) is 9.97 Å². The van der Waals surface area contributed by atoms with Crippen LogP contribution < -0.4 is 5.32 Å². The molecule has 0 saturated heterocycles. The quantitative estimate of drug-likeness (QED) is 0.621. The molecule has 23 heavy (non-hydrogen) atoms. The number of rotatable bonds is 5. The van der Waals surface area contributed by atoms with Crippen molar-refractivity contribution in [2.75, 3.05) is 11.9 Å². The summed E-state index contributed by atoms with van der Waals surface area (Å²) in [6.07, 6.45) is 3.29. The number of hydrogen-bond acceptors (Lipinski definition) is 5. The highest BCUT2D eigenvalue weighted by molar-refractivity contribution is 6.74. The Bertz CT molecular complexity index is 536. The number of nitrogens with one attached hydrogen (secondary N) is 1. The maximum absolute atomic E-state index is 9.72. The van der Waals surface area contributed by atoms with Gasteiger partial charge in [0.25, 0.3) is 0 Å². The standard InChI is InChI=1S/C16H28ClN3O2Si/c1-16(2,3)23(4,5)22-13-7-12(6-11(13)9-21)20-15-8-14(17)18-10-19-15/h8,10-13,21H,6-7,9H2,1-5H3,(H,18,19,20)/t11-,12+,13+/m0/s1. The highest BCUT2D eigenvalue weighted by atomic mass is 35.5. The number of nitrogens with zero attached hydrogens (tertiary/aromatic N) is 2. The molecule has 130 valence electrons. The highest BCUT2D eigenvalue weighted by Gasteiger charge is 2.43. The van der Waals surface area contributed by atoms with E-state index in [4.69, 9.17) is 16.0 Å². The lowest BCUT2D eigenvalue weighted by molar-refractivity contribution is 0.0980. The number of halogens is 1. The van der Waals surface area contributed by atoms with Gasteiger partial charge in [-0.1, -0.05) is 32.4 Å². The van der Waals surface area contributed by atoms with Gasteiger partial charge in [-0.15, -0.1) is 0 Å². The molecule has 0 aromatic carbocycles. The monoisotopic (exact) mass is 357 g/mol. The van der Waals surface area contributed by atoms with Gasteiger partial charge >= 0.3 is 0 Å². The Kier molecular flexibility index (Phi) is 5.71. The lowest BCUT2D eigenvalue weighted by Gasteiger charge is -2.39. The van der Waals surface area contributed by atoms with Gasteiger partial charge in [-0.05, 0) is 31.0 Å². The molecular formula is C16H28ClN3O2Si. The third kappa shape index (κ3) is 4.65. The predicted octanol–water partition coefficient (Wildman–Crippen LogP) is 3.70. The Balaban J connectivity index is 2.03. The molecule has 1 fully saturated rings. The Hall–Kier alpha value is -0.693. The van der Waals surface area contributed by atoms with Crippen molar-refractivity contribution in [3.05, 3.63) is 17.5 Å². The zero-order valence-corrected chi connectivity index (χ0v) is 16.4. The molecular weight excluding hydrogens is 330 g/mol. The molecule has 5 nitrogen and oxygen atoms in total. The van der Waals surface area contributed by atoms with E-state index in [2.05, 4.69) is 49.1 Å². The van der Waals surface area contributed by atoms with Crippen LogP contribution in [0.4, 0.5) is 5.82 Å². The van der Waals surface area contributed by atoms with Crippen LogP contribution in [0, 0.1) is 5.92 Å². The molecule has 2 rings (SSSR count). The first-order valence-electron chi connectivity index (χ1n) is 8.15. The number of aliphatic hydroxyl groups is 1. The summed E-state index contributed by atoms with van der Waals surface area (Å²) in [5.41, 5.74) is 0. The molecule has 0 radical (unpaired) electrons. The topological polar surface area (TPSA) is 67.3 Å². The van der Waals surface area contributed by atoms with E-state index in [9.17, 15) is 5.11 Å². The summed E-state index contributed by atoms with van der Waals surface area (Å²) in [7, 11) is -1.84. The lowest BCUT2D eigenvalue weighted by Crippen LogP contribution is -2.45. The number of aliphatic hydroxyl groups excluding tert-OH is 1. The summed E-state index contributed by atoms with van der Waals surface area (Å²) in [6, 6.07) is 1.95. The fraction of sp³-hybridized carbons (Fsp3) is 0.750. The zero-order chi connectivity index (χ0) is 17.3. The second-order valence-electron chi connectivity index (χ2n) is 7.90. The van der Waals surface area contributed by atoms with E-state index in [0.29, 0.717) is 5.15 Å². The van der Waals surface area contributed by atoms with Crippen molar-refractivity contribution in [1.29, 1.82) is 0 Å². The van der Waals surface area contributed by atoms with Gasteiger partial charge in [0.1, 0.15) is 17.3 Å². The SMILES string of the molecule is CC(C)(C)[Si](C)(C)O[C@@H]1C[C@H](Nc2cc(Cl)ncn2)C[C@H]1CO. The molecule has 0 amide bonds. The first-order chi connectivity index (χ1) is 10.6. The summed E-state index contributed by atoms with van der Waals surface area (Å²) >= 11 is 5.90. The predicted molar refractivity (Wildman–Crippen MR) is 96.3 cm³/mol. The van der Waals surface area contributed by atoms with Gasteiger partial charge in [0.05, 0.1) is 6.10 Å². The smallest absolute Gasteiger partial charge is 0.192 e. The van der Waals surface area contributed by atoms with Crippen LogP contribution >= 0.6 is 11.6 Å². The van der Waals surface area contributed by atoms with Crippen LogP contribution in [0.5, 0.6) is 0 Å². The minimum absolute atomic E-state index is 0.0932. The van der Waals surface area contributed by atoms with Crippen LogP contribution in [0.2, 0.25) is 23.3 Å². The molecule has 7 heteroatoms. The molecule has 1 aromatic heterocycles. The molecule has 2 N–H and O–H groups in total.